The van der Waals surface area contributed by atoms with Crippen LogP contribution in [0.2, 0.25) is 0 Å². The van der Waals surface area contributed by atoms with Gasteiger partial charge >= 0.3 is 0 Å². The summed E-state index contributed by atoms with van der Waals surface area (Å²) in [4.78, 5) is 10.1. The summed E-state index contributed by atoms with van der Waals surface area (Å²) in [5, 5.41) is 0.892. The molecule has 5 nitrogen and oxygen atoms in total. The molecule has 1 heterocycles. The number of nitrogens with one attached hydrogen (secondary N) is 1. The SMILES string of the molecule is COc1cccc(Sc2cc(NN)nc(C3CC3)n2)c1. The van der Waals surface area contributed by atoms with Gasteiger partial charge in [0.05, 0.1) is 7.11 Å². The van der Waals surface area contributed by atoms with Crippen molar-refractivity contribution in [2.24, 2.45) is 5.84 Å². The number of nitrogens with two attached hydrogens (primary N) is 1. The number of methoxy groups -OCH3 is 1. The van der Waals surface area contributed by atoms with Gasteiger partial charge < -0.3 is 10.2 Å². The van der Waals surface area contributed by atoms with Gasteiger partial charge in [0.1, 0.15) is 22.4 Å². The Morgan fingerprint density at radius 2 is 2.15 bits per heavy atom. The van der Waals surface area contributed by atoms with Crippen molar-refractivity contribution in [3.8, 4) is 5.75 Å². The van der Waals surface area contributed by atoms with E-state index in [1.165, 1.54) is 0 Å². The number of benzene rings is 1. The largest absolute Gasteiger partial charge is 0.497 e. The molecule has 3 N–H and O–H groups in total. The topological polar surface area (TPSA) is 73.1 Å². The predicted molar refractivity (Wildman–Crippen MR) is 78.9 cm³/mol. The van der Waals surface area contributed by atoms with Crippen LogP contribution in [-0.2, 0) is 0 Å². The Labute approximate surface area is 121 Å². The highest BCUT2D eigenvalue weighted by atomic mass is 32.2. The van der Waals surface area contributed by atoms with Crippen molar-refractivity contribution in [1.82, 2.24) is 9.97 Å². The third kappa shape index (κ3) is 3.02. The molecule has 0 atom stereocenters. The maximum atomic E-state index is 5.48. The van der Waals surface area contributed by atoms with Crippen LogP contribution in [0, 0.1) is 0 Å². The van der Waals surface area contributed by atoms with Crippen LogP contribution in [0.1, 0.15) is 24.6 Å². The van der Waals surface area contributed by atoms with Crippen molar-refractivity contribution >= 4 is 17.6 Å². The first kappa shape index (κ1) is 13.2. The second kappa shape index (κ2) is 5.68. The minimum Gasteiger partial charge on any atom is -0.497 e. The normalized spacial score (nSPS) is 14.1. The number of nitrogens with zero attached hydrogens (tertiary/aromatic N) is 2. The molecular formula is C14H16N4OS. The van der Waals surface area contributed by atoms with Crippen LogP contribution in [0.4, 0.5) is 5.82 Å². The van der Waals surface area contributed by atoms with Gasteiger partial charge in [0.2, 0.25) is 0 Å². The number of aromatic nitrogens is 2. The van der Waals surface area contributed by atoms with Gasteiger partial charge in [-0.25, -0.2) is 15.8 Å². The first-order chi connectivity index (χ1) is 9.78. The Morgan fingerprint density at radius 1 is 1.30 bits per heavy atom. The first-order valence-corrected chi connectivity index (χ1v) is 7.27. The van der Waals surface area contributed by atoms with Crippen molar-refractivity contribution in [2.45, 2.75) is 28.7 Å². The van der Waals surface area contributed by atoms with Gasteiger partial charge in [-0.1, -0.05) is 17.8 Å². The summed E-state index contributed by atoms with van der Waals surface area (Å²) in [6.07, 6.45) is 2.33. The fraction of sp³-hybridized carbons (Fsp3) is 0.286. The zero-order chi connectivity index (χ0) is 13.9. The minimum absolute atomic E-state index is 0.493. The summed E-state index contributed by atoms with van der Waals surface area (Å²) in [5.41, 5.74) is 2.61. The predicted octanol–water partition coefficient (Wildman–Crippen LogP) is 2.80. The van der Waals surface area contributed by atoms with Crippen LogP contribution >= 0.6 is 11.8 Å². The molecule has 1 aromatic heterocycles. The Hall–Kier alpha value is -1.79. The van der Waals surface area contributed by atoms with E-state index in [4.69, 9.17) is 10.6 Å². The maximum Gasteiger partial charge on any atom is 0.144 e. The number of nitrogen functional groups attached to an aromatic ring is 1. The van der Waals surface area contributed by atoms with E-state index >= 15 is 0 Å². The Kier molecular flexibility index (Phi) is 3.75. The highest BCUT2D eigenvalue weighted by Gasteiger charge is 2.27. The van der Waals surface area contributed by atoms with Gasteiger partial charge in [-0.3, -0.25) is 0 Å². The third-order valence-corrected chi connectivity index (χ3v) is 3.98. The van der Waals surface area contributed by atoms with E-state index < -0.39 is 0 Å². The van der Waals surface area contributed by atoms with E-state index in [2.05, 4.69) is 15.4 Å². The standard InChI is InChI=1S/C14H16N4OS/c1-19-10-3-2-4-11(7-10)20-13-8-12(18-15)16-14(17-13)9-5-6-9/h2-4,7-9H,5-6,15H2,1H3,(H,16,17,18). The van der Waals surface area contributed by atoms with E-state index in [0.29, 0.717) is 11.7 Å². The number of anilines is 1. The summed E-state index contributed by atoms with van der Waals surface area (Å²) >= 11 is 1.58. The molecule has 0 unspecified atom stereocenters. The lowest BCUT2D eigenvalue weighted by atomic mass is 10.3. The molecule has 1 fully saturated rings. The molecule has 3 rings (SSSR count). The lowest BCUT2D eigenvalue weighted by molar-refractivity contribution is 0.413. The van der Waals surface area contributed by atoms with Gasteiger partial charge in [0.15, 0.2) is 0 Å². The quantitative estimate of drug-likeness (QED) is 0.501. The van der Waals surface area contributed by atoms with Crippen molar-refractivity contribution in [3.05, 3.63) is 36.2 Å². The van der Waals surface area contributed by atoms with Crippen molar-refractivity contribution in [1.29, 1.82) is 0 Å². The molecule has 1 aliphatic carbocycles. The van der Waals surface area contributed by atoms with Gasteiger partial charge in [0, 0.05) is 16.9 Å². The van der Waals surface area contributed by atoms with Crippen LogP contribution in [0.15, 0.2) is 40.3 Å². The molecule has 6 heteroatoms. The zero-order valence-corrected chi connectivity index (χ0v) is 12.0. The van der Waals surface area contributed by atoms with Crippen LogP contribution in [-0.4, -0.2) is 17.1 Å². The molecule has 0 aliphatic heterocycles. The molecular weight excluding hydrogens is 272 g/mol. The molecule has 1 aromatic carbocycles. The lowest BCUT2D eigenvalue weighted by Crippen LogP contribution is -2.10. The molecule has 0 spiro atoms. The van der Waals surface area contributed by atoms with Crippen LogP contribution < -0.4 is 16.0 Å². The van der Waals surface area contributed by atoms with E-state index in [9.17, 15) is 0 Å². The number of hydrogen-bond donors (Lipinski definition) is 2. The van der Waals surface area contributed by atoms with Crippen LogP contribution in [0.5, 0.6) is 5.75 Å². The molecule has 0 bridgehead atoms. The first-order valence-electron chi connectivity index (χ1n) is 6.46. The second-order valence-electron chi connectivity index (χ2n) is 4.65. The molecule has 0 radical (unpaired) electrons. The van der Waals surface area contributed by atoms with E-state index in [-0.39, 0.29) is 0 Å². The smallest absolute Gasteiger partial charge is 0.144 e. The molecule has 0 saturated heterocycles. The minimum atomic E-state index is 0.493. The number of hydrogen-bond acceptors (Lipinski definition) is 6. The van der Waals surface area contributed by atoms with Crippen LogP contribution in [0.25, 0.3) is 0 Å². The summed E-state index contributed by atoms with van der Waals surface area (Å²) in [5.74, 6) is 8.35. The third-order valence-electron chi connectivity index (χ3n) is 3.07. The number of rotatable bonds is 5. The summed E-state index contributed by atoms with van der Waals surface area (Å²) in [6, 6.07) is 9.76. The average Bonchev–Trinajstić information content (AvgIpc) is 3.31. The van der Waals surface area contributed by atoms with E-state index in [0.717, 1.165) is 34.3 Å². The number of hydrazine groups is 1. The van der Waals surface area contributed by atoms with Gasteiger partial charge in [-0.2, -0.15) is 0 Å². The molecule has 0 amide bonds. The highest BCUT2D eigenvalue weighted by Crippen LogP contribution is 2.39. The maximum absolute atomic E-state index is 5.48. The van der Waals surface area contributed by atoms with Gasteiger partial charge in [0.25, 0.3) is 0 Å². The summed E-state index contributed by atoms with van der Waals surface area (Å²) in [6.45, 7) is 0. The van der Waals surface area contributed by atoms with Crippen LogP contribution in [0.3, 0.4) is 0 Å². The molecule has 1 aliphatic rings. The van der Waals surface area contributed by atoms with Crippen molar-refractivity contribution in [2.75, 3.05) is 12.5 Å². The van der Waals surface area contributed by atoms with Gasteiger partial charge in [-0.15, -0.1) is 0 Å². The highest BCUT2D eigenvalue weighted by molar-refractivity contribution is 7.99. The number of ether oxygens (including phenoxy) is 1. The van der Waals surface area contributed by atoms with Gasteiger partial charge in [-0.05, 0) is 31.0 Å². The average molecular weight is 288 g/mol. The Balaban J connectivity index is 1.86. The Bertz CT molecular complexity index is 616. The monoisotopic (exact) mass is 288 g/mol. The van der Waals surface area contributed by atoms with E-state index in [1.807, 2.05) is 30.3 Å². The van der Waals surface area contributed by atoms with E-state index in [1.54, 1.807) is 18.9 Å². The Morgan fingerprint density at radius 3 is 2.85 bits per heavy atom. The summed E-state index contributed by atoms with van der Waals surface area (Å²) in [7, 11) is 1.66. The van der Waals surface area contributed by atoms with Crippen molar-refractivity contribution < 1.29 is 4.74 Å². The fourth-order valence-electron chi connectivity index (χ4n) is 1.88. The molecule has 104 valence electrons. The molecule has 1 saturated carbocycles. The lowest BCUT2D eigenvalue weighted by Gasteiger charge is -2.07. The second-order valence-corrected chi connectivity index (χ2v) is 5.74. The zero-order valence-electron chi connectivity index (χ0n) is 11.2. The molecule has 2 aromatic rings. The molecule has 20 heavy (non-hydrogen) atoms. The summed E-state index contributed by atoms with van der Waals surface area (Å²) < 4.78 is 5.23. The fourth-order valence-corrected chi connectivity index (χ4v) is 2.75. The van der Waals surface area contributed by atoms with Crippen molar-refractivity contribution in [3.63, 3.8) is 0 Å².